The number of carbonyl (C=O) groups excluding carboxylic acids is 2. The van der Waals surface area contributed by atoms with Gasteiger partial charge in [0.15, 0.2) is 0 Å². The van der Waals surface area contributed by atoms with Crippen molar-refractivity contribution >= 4 is 29.1 Å². The number of likely N-dealkylation sites (tertiary alicyclic amines) is 1. The number of nitrogens with zero attached hydrogens (tertiary/aromatic N) is 1. The van der Waals surface area contributed by atoms with E-state index in [1.165, 1.54) is 4.90 Å². The highest BCUT2D eigenvalue weighted by Gasteiger charge is 2.47. The molecule has 0 spiro atoms. The predicted octanol–water partition coefficient (Wildman–Crippen LogP) is 3.95. The molecule has 2 heterocycles. The molecule has 2 atom stereocenters. The quantitative estimate of drug-likeness (QED) is 0.444. The van der Waals surface area contributed by atoms with E-state index in [0.29, 0.717) is 28.5 Å². The second-order valence-corrected chi connectivity index (χ2v) is 7.81. The van der Waals surface area contributed by atoms with Gasteiger partial charge in [0.1, 0.15) is 11.5 Å². The van der Waals surface area contributed by atoms with Crippen molar-refractivity contribution in [3.8, 4) is 5.75 Å². The Morgan fingerprint density at radius 1 is 1.23 bits per heavy atom. The van der Waals surface area contributed by atoms with Crippen molar-refractivity contribution < 1.29 is 24.2 Å². The smallest absolute Gasteiger partial charge is 0.295 e. The lowest BCUT2D eigenvalue weighted by molar-refractivity contribution is -0.140. The van der Waals surface area contributed by atoms with Crippen LogP contribution >= 0.6 is 11.6 Å². The molecule has 4 rings (SSSR count). The zero-order valence-corrected chi connectivity index (χ0v) is 17.3. The first-order chi connectivity index (χ1) is 14.5. The minimum Gasteiger partial charge on any atom is -0.507 e. The first kappa shape index (κ1) is 20.4. The summed E-state index contributed by atoms with van der Waals surface area (Å²) in [6.07, 6.45) is 1.61. The summed E-state index contributed by atoms with van der Waals surface area (Å²) in [7, 11) is 1.55. The molecule has 0 unspecified atom stereocenters. The van der Waals surface area contributed by atoms with Crippen molar-refractivity contribution in [2.45, 2.75) is 25.0 Å². The van der Waals surface area contributed by atoms with Crippen molar-refractivity contribution in [1.29, 1.82) is 0 Å². The predicted molar refractivity (Wildman–Crippen MR) is 112 cm³/mol. The Morgan fingerprint density at radius 3 is 2.67 bits per heavy atom. The van der Waals surface area contributed by atoms with Gasteiger partial charge in [0.05, 0.1) is 24.8 Å². The van der Waals surface area contributed by atoms with E-state index in [9.17, 15) is 14.7 Å². The van der Waals surface area contributed by atoms with Crippen LogP contribution in [0.2, 0.25) is 5.02 Å². The van der Waals surface area contributed by atoms with Crippen LogP contribution in [0.1, 0.15) is 30.0 Å². The van der Waals surface area contributed by atoms with Crippen molar-refractivity contribution in [3.63, 3.8) is 0 Å². The van der Waals surface area contributed by atoms with Crippen LogP contribution in [0.25, 0.3) is 5.76 Å². The zero-order chi connectivity index (χ0) is 21.3. The van der Waals surface area contributed by atoms with Crippen LogP contribution in [-0.4, -0.2) is 48.1 Å². The Balaban J connectivity index is 1.83. The minimum atomic E-state index is -0.736. The molecule has 2 aromatic carbocycles. The molecule has 2 fully saturated rings. The van der Waals surface area contributed by atoms with Gasteiger partial charge in [-0.15, -0.1) is 0 Å². The Bertz CT molecular complexity index is 995. The van der Waals surface area contributed by atoms with Gasteiger partial charge in [0.25, 0.3) is 11.7 Å². The number of ketones is 1. The molecule has 0 radical (unpaired) electrons. The van der Waals surface area contributed by atoms with Crippen LogP contribution in [0, 0.1) is 0 Å². The van der Waals surface area contributed by atoms with E-state index in [0.717, 1.165) is 12.8 Å². The monoisotopic (exact) mass is 427 g/mol. The van der Waals surface area contributed by atoms with Crippen LogP contribution in [0.3, 0.4) is 0 Å². The summed E-state index contributed by atoms with van der Waals surface area (Å²) in [5.74, 6) is -0.989. The van der Waals surface area contributed by atoms with E-state index in [1.54, 1.807) is 49.6 Å². The molecule has 2 aliphatic rings. The number of halogens is 1. The first-order valence-electron chi connectivity index (χ1n) is 9.79. The van der Waals surface area contributed by atoms with Crippen LogP contribution in [0.4, 0.5) is 0 Å². The van der Waals surface area contributed by atoms with E-state index >= 15 is 0 Å². The molecule has 2 saturated heterocycles. The fraction of sp³-hybridized carbons (Fsp3) is 0.304. The number of amides is 1. The van der Waals surface area contributed by atoms with Gasteiger partial charge in [-0.1, -0.05) is 23.7 Å². The largest absolute Gasteiger partial charge is 0.507 e. The Hall–Kier alpha value is -2.83. The third-order valence-electron chi connectivity index (χ3n) is 5.49. The Kier molecular flexibility index (Phi) is 5.79. The Labute approximate surface area is 179 Å². The maximum absolute atomic E-state index is 13.0. The lowest BCUT2D eigenvalue weighted by atomic mass is 9.95. The fourth-order valence-corrected chi connectivity index (χ4v) is 4.12. The average molecular weight is 428 g/mol. The zero-order valence-electron chi connectivity index (χ0n) is 16.5. The van der Waals surface area contributed by atoms with E-state index in [2.05, 4.69) is 0 Å². The summed E-state index contributed by atoms with van der Waals surface area (Å²) in [6, 6.07) is 12.9. The van der Waals surface area contributed by atoms with Crippen LogP contribution in [-0.2, 0) is 14.3 Å². The third-order valence-corrected chi connectivity index (χ3v) is 5.74. The molecule has 0 aliphatic carbocycles. The van der Waals surface area contributed by atoms with Crippen LogP contribution in [0.15, 0.2) is 54.1 Å². The number of rotatable bonds is 5. The van der Waals surface area contributed by atoms with E-state index in [4.69, 9.17) is 21.1 Å². The van der Waals surface area contributed by atoms with Gasteiger partial charge in [-0.3, -0.25) is 9.59 Å². The van der Waals surface area contributed by atoms with Gasteiger partial charge < -0.3 is 19.5 Å². The highest BCUT2D eigenvalue weighted by Crippen LogP contribution is 2.41. The molecular weight excluding hydrogens is 406 g/mol. The van der Waals surface area contributed by atoms with Crippen LogP contribution < -0.4 is 4.74 Å². The van der Waals surface area contributed by atoms with E-state index in [-0.39, 0.29) is 24.0 Å². The molecule has 1 N–H and O–H groups in total. The molecule has 2 aromatic rings. The topological polar surface area (TPSA) is 76.1 Å². The number of hydrogen-bond acceptors (Lipinski definition) is 5. The second kappa shape index (κ2) is 8.50. The highest BCUT2D eigenvalue weighted by atomic mass is 35.5. The lowest BCUT2D eigenvalue weighted by Gasteiger charge is -2.27. The lowest BCUT2D eigenvalue weighted by Crippen LogP contribution is -2.36. The summed E-state index contributed by atoms with van der Waals surface area (Å²) in [5.41, 5.74) is 1.15. The fourth-order valence-electron chi connectivity index (χ4n) is 4.00. The first-order valence-corrected chi connectivity index (χ1v) is 10.2. The minimum absolute atomic E-state index is 0.0496. The summed E-state index contributed by atoms with van der Waals surface area (Å²) in [5, 5.41) is 11.5. The summed E-state index contributed by atoms with van der Waals surface area (Å²) < 4.78 is 11.0. The van der Waals surface area contributed by atoms with E-state index < -0.39 is 17.7 Å². The highest BCUT2D eigenvalue weighted by molar-refractivity contribution is 6.46. The van der Waals surface area contributed by atoms with E-state index in [1.807, 2.05) is 6.07 Å². The van der Waals surface area contributed by atoms with Gasteiger partial charge in [0.2, 0.25) is 0 Å². The number of carbonyl (C=O) groups is 2. The van der Waals surface area contributed by atoms with Crippen molar-refractivity contribution in [2.24, 2.45) is 0 Å². The number of aliphatic hydroxyl groups is 1. The molecule has 0 saturated carbocycles. The van der Waals surface area contributed by atoms with Gasteiger partial charge in [-0.2, -0.15) is 0 Å². The number of benzene rings is 2. The maximum Gasteiger partial charge on any atom is 0.295 e. The molecule has 7 heteroatoms. The molecule has 0 aromatic heterocycles. The molecule has 0 bridgehead atoms. The summed E-state index contributed by atoms with van der Waals surface area (Å²) in [6.45, 7) is 0.924. The molecule has 1 amide bonds. The average Bonchev–Trinajstić information content (AvgIpc) is 3.36. The number of hydrogen-bond donors (Lipinski definition) is 1. The van der Waals surface area contributed by atoms with Gasteiger partial charge in [-0.05, 0) is 54.8 Å². The number of Topliss-reactive ketones (excluding diaryl/α,β-unsaturated/α-hetero) is 1. The third kappa shape index (κ3) is 3.80. The second-order valence-electron chi connectivity index (χ2n) is 7.37. The summed E-state index contributed by atoms with van der Waals surface area (Å²) in [4.78, 5) is 27.5. The molecule has 30 heavy (non-hydrogen) atoms. The maximum atomic E-state index is 13.0. The molecule has 156 valence electrons. The SMILES string of the molecule is COc1cccc([C@@H]2C(=C(O)c3ccc(Cl)cc3)C(=O)C(=O)N2C[C@H]2CCCO2)c1. The van der Waals surface area contributed by atoms with Gasteiger partial charge >= 0.3 is 0 Å². The van der Waals surface area contributed by atoms with Gasteiger partial charge in [0, 0.05) is 23.7 Å². The molecule has 6 nitrogen and oxygen atoms in total. The molecular formula is C23H22ClNO5. The molecule has 2 aliphatic heterocycles. The standard InChI is InChI=1S/C23H22ClNO5/c1-29-17-5-2-4-15(12-17)20-19(21(26)14-7-9-16(24)10-8-14)22(27)23(28)25(20)13-18-6-3-11-30-18/h2,4-5,7-10,12,18,20,26H,3,6,11,13H2,1H3/t18-,20-/m1/s1. The van der Waals surface area contributed by atoms with Crippen molar-refractivity contribution in [3.05, 3.63) is 70.3 Å². The number of aliphatic hydroxyl groups excluding tert-OH is 1. The normalized spacial score (nSPS) is 23.2. The van der Waals surface area contributed by atoms with Crippen molar-refractivity contribution in [2.75, 3.05) is 20.3 Å². The summed E-state index contributed by atoms with van der Waals surface area (Å²) >= 11 is 5.95. The van der Waals surface area contributed by atoms with Crippen LogP contribution in [0.5, 0.6) is 5.75 Å². The van der Waals surface area contributed by atoms with Gasteiger partial charge in [-0.25, -0.2) is 0 Å². The van der Waals surface area contributed by atoms with Crippen molar-refractivity contribution in [1.82, 2.24) is 4.90 Å². The number of ether oxygens (including phenoxy) is 2. The Morgan fingerprint density at radius 2 is 2.00 bits per heavy atom. The number of methoxy groups -OCH3 is 1.